The summed E-state index contributed by atoms with van der Waals surface area (Å²) >= 11 is 6.17. The summed E-state index contributed by atoms with van der Waals surface area (Å²) in [5.74, 6) is 0.373. The van der Waals surface area contributed by atoms with Crippen molar-refractivity contribution >= 4 is 17.3 Å². The fourth-order valence-corrected chi connectivity index (χ4v) is 3.09. The predicted molar refractivity (Wildman–Crippen MR) is 83.3 cm³/mol. The Kier molecular flexibility index (Phi) is 4.20. The smallest absolute Gasteiger partial charge is 0.0557 e. The molecule has 1 heterocycles. The molecule has 2 aliphatic rings. The molecule has 1 aromatic carbocycles. The Hall–Kier alpha value is -0.770. The number of rotatable bonds is 5. The third-order valence-electron chi connectivity index (χ3n) is 4.45. The number of benzene rings is 1. The molecule has 2 unspecified atom stereocenters. The Bertz CT molecular complexity index is 474. The molecule has 1 aromatic rings. The highest BCUT2D eigenvalue weighted by Crippen LogP contribution is 2.31. The second-order valence-electron chi connectivity index (χ2n) is 6.16. The van der Waals surface area contributed by atoms with Crippen LogP contribution in [0.3, 0.4) is 0 Å². The first-order valence-corrected chi connectivity index (χ1v) is 7.96. The summed E-state index contributed by atoms with van der Waals surface area (Å²) in [6, 6.07) is 6.87. The molecule has 1 aliphatic carbocycles. The first-order chi connectivity index (χ1) is 9.63. The van der Waals surface area contributed by atoms with Crippen molar-refractivity contribution in [1.82, 2.24) is 5.32 Å². The third kappa shape index (κ3) is 3.27. The molecule has 1 saturated heterocycles. The van der Waals surface area contributed by atoms with Gasteiger partial charge in [0.2, 0.25) is 0 Å². The van der Waals surface area contributed by atoms with Crippen LogP contribution in [0.4, 0.5) is 5.69 Å². The van der Waals surface area contributed by atoms with Crippen LogP contribution < -0.4 is 10.2 Å². The summed E-state index contributed by atoms with van der Waals surface area (Å²) in [4.78, 5) is 2.37. The molecule has 0 amide bonds. The van der Waals surface area contributed by atoms with Gasteiger partial charge in [0.05, 0.1) is 6.10 Å². The molecule has 4 heteroatoms. The van der Waals surface area contributed by atoms with Crippen LogP contribution in [0.5, 0.6) is 0 Å². The Labute approximate surface area is 125 Å². The maximum absolute atomic E-state index is 9.76. The standard InChI is InChI=1S/C16H23ClN2O/c1-11(20)13-6-7-19(10-13)16-8-14(17)3-2-12(16)9-18-15-4-5-15/h2-3,8,11,13,15,18,20H,4-7,9-10H2,1H3. The van der Waals surface area contributed by atoms with E-state index in [1.807, 2.05) is 13.0 Å². The Balaban J connectivity index is 1.74. The minimum Gasteiger partial charge on any atom is -0.393 e. The number of nitrogens with zero attached hydrogens (tertiary/aromatic N) is 1. The zero-order valence-electron chi connectivity index (χ0n) is 12.0. The van der Waals surface area contributed by atoms with Crippen molar-refractivity contribution in [2.24, 2.45) is 5.92 Å². The lowest BCUT2D eigenvalue weighted by molar-refractivity contribution is 0.136. The molecule has 2 fully saturated rings. The largest absolute Gasteiger partial charge is 0.393 e. The summed E-state index contributed by atoms with van der Waals surface area (Å²) in [5, 5.41) is 14.1. The maximum atomic E-state index is 9.76. The van der Waals surface area contributed by atoms with Gasteiger partial charge >= 0.3 is 0 Å². The lowest BCUT2D eigenvalue weighted by Gasteiger charge is -2.23. The quantitative estimate of drug-likeness (QED) is 0.876. The Morgan fingerprint density at radius 2 is 2.20 bits per heavy atom. The molecule has 0 bridgehead atoms. The maximum Gasteiger partial charge on any atom is 0.0557 e. The van der Waals surface area contributed by atoms with Crippen LogP contribution in [0.15, 0.2) is 18.2 Å². The second kappa shape index (κ2) is 5.92. The van der Waals surface area contributed by atoms with E-state index in [4.69, 9.17) is 11.6 Å². The molecule has 20 heavy (non-hydrogen) atoms. The van der Waals surface area contributed by atoms with E-state index >= 15 is 0 Å². The number of anilines is 1. The van der Waals surface area contributed by atoms with Gasteiger partial charge < -0.3 is 15.3 Å². The van der Waals surface area contributed by atoms with Gasteiger partial charge in [-0.15, -0.1) is 0 Å². The molecule has 1 saturated carbocycles. The van der Waals surface area contributed by atoms with Crippen LogP contribution in [0.1, 0.15) is 31.7 Å². The van der Waals surface area contributed by atoms with Gasteiger partial charge in [-0.3, -0.25) is 0 Å². The van der Waals surface area contributed by atoms with Crippen LogP contribution >= 0.6 is 11.6 Å². The van der Waals surface area contributed by atoms with Gasteiger partial charge in [-0.1, -0.05) is 17.7 Å². The van der Waals surface area contributed by atoms with Crippen molar-refractivity contribution in [3.8, 4) is 0 Å². The molecule has 2 N–H and O–H groups in total. The van der Waals surface area contributed by atoms with Crippen molar-refractivity contribution in [2.45, 2.75) is 44.9 Å². The SMILES string of the molecule is CC(O)C1CCN(c2cc(Cl)ccc2CNC2CC2)C1. The fourth-order valence-electron chi connectivity index (χ4n) is 2.92. The van der Waals surface area contributed by atoms with Crippen LogP contribution in [0.25, 0.3) is 0 Å². The number of aliphatic hydroxyl groups excluding tert-OH is 1. The van der Waals surface area contributed by atoms with Crippen molar-refractivity contribution in [1.29, 1.82) is 0 Å². The van der Waals surface area contributed by atoms with Crippen LogP contribution in [-0.2, 0) is 6.54 Å². The average molecular weight is 295 g/mol. The minimum absolute atomic E-state index is 0.229. The highest BCUT2D eigenvalue weighted by atomic mass is 35.5. The summed E-state index contributed by atoms with van der Waals surface area (Å²) in [7, 11) is 0. The van der Waals surface area contributed by atoms with Crippen molar-refractivity contribution in [3.05, 3.63) is 28.8 Å². The van der Waals surface area contributed by atoms with Crippen molar-refractivity contribution in [2.75, 3.05) is 18.0 Å². The minimum atomic E-state index is -0.229. The second-order valence-corrected chi connectivity index (χ2v) is 6.60. The van der Waals surface area contributed by atoms with Gasteiger partial charge in [0.25, 0.3) is 0 Å². The summed E-state index contributed by atoms with van der Waals surface area (Å²) in [6.07, 6.45) is 3.43. The van der Waals surface area contributed by atoms with E-state index in [-0.39, 0.29) is 6.10 Å². The number of nitrogens with one attached hydrogen (secondary N) is 1. The monoisotopic (exact) mass is 294 g/mol. The number of halogens is 1. The van der Waals surface area contributed by atoms with Gasteiger partial charge in [0, 0.05) is 42.3 Å². The van der Waals surface area contributed by atoms with E-state index in [1.54, 1.807) is 0 Å². The first-order valence-electron chi connectivity index (χ1n) is 7.58. The number of hydrogen-bond donors (Lipinski definition) is 2. The zero-order valence-corrected chi connectivity index (χ0v) is 12.7. The molecular formula is C16H23ClN2O. The number of aliphatic hydroxyl groups is 1. The molecule has 110 valence electrons. The highest BCUT2D eigenvalue weighted by Gasteiger charge is 2.28. The van der Waals surface area contributed by atoms with E-state index in [9.17, 15) is 5.11 Å². The van der Waals surface area contributed by atoms with E-state index < -0.39 is 0 Å². The summed E-state index contributed by atoms with van der Waals surface area (Å²) in [5.41, 5.74) is 2.54. The third-order valence-corrected chi connectivity index (χ3v) is 4.69. The Morgan fingerprint density at radius 3 is 2.85 bits per heavy atom. The normalized spacial score (nSPS) is 24.1. The molecule has 0 radical (unpaired) electrons. The average Bonchev–Trinajstić information content (AvgIpc) is 3.11. The topological polar surface area (TPSA) is 35.5 Å². The highest BCUT2D eigenvalue weighted by molar-refractivity contribution is 6.30. The van der Waals surface area contributed by atoms with Gasteiger partial charge in [-0.05, 0) is 43.9 Å². The molecule has 3 rings (SSSR count). The van der Waals surface area contributed by atoms with E-state index in [0.717, 1.165) is 31.1 Å². The molecule has 2 atom stereocenters. The fraction of sp³-hybridized carbons (Fsp3) is 0.625. The van der Waals surface area contributed by atoms with Gasteiger partial charge in [0.1, 0.15) is 0 Å². The van der Waals surface area contributed by atoms with Gasteiger partial charge in [-0.25, -0.2) is 0 Å². The van der Waals surface area contributed by atoms with E-state index in [0.29, 0.717) is 12.0 Å². The van der Waals surface area contributed by atoms with Crippen LogP contribution in [0, 0.1) is 5.92 Å². The van der Waals surface area contributed by atoms with Crippen molar-refractivity contribution in [3.63, 3.8) is 0 Å². The number of hydrogen-bond acceptors (Lipinski definition) is 3. The Morgan fingerprint density at radius 1 is 1.40 bits per heavy atom. The molecule has 3 nitrogen and oxygen atoms in total. The summed E-state index contributed by atoms with van der Waals surface area (Å²) < 4.78 is 0. The van der Waals surface area contributed by atoms with E-state index in [2.05, 4.69) is 22.3 Å². The molecule has 0 spiro atoms. The zero-order chi connectivity index (χ0) is 14.1. The van der Waals surface area contributed by atoms with Gasteiger partial charge in [0.15, 0.2) is 0 Å². The molecule has 0 aromatic heterocycles. The lowest BCUT2D eigenvalue weighted by Crippen LogP contribution is -2.26. The summed E-state index contributed by atoms with van der Waals surface area (Å²) in [6.45, 7) is 4.73. The first kappa shape index (κ1) is 14.2. The van der Waals surface area contributed by atoms with Gasteiger partial charge in [-0.2, -0.15) is 0 Å². The van der Waals surface area contributed by atoms with E-state index in [1.165, 1.54) is 24.1 Å². The predicted octanol–water partition coefficient (Wildman–Crippen LogP) is 2.80. The van der Waals surface area contributed by atoms with Crippen LogP contribution in [0.2, 0.25) is 5.02 Å². The van der Waals surface area contributed by atoms with Crippen molar-refractivity contribution < 1.29 is 5.11 Å². The van der Waals surface area contributed by atoms with Crippen LogP contribution in [-0.4, -0.2) is 30.3 Å². The lowest BCUT2D eigenvalue weighted by atomic mass is 10.0. The molecular weight excluding hydrogens is 272 g/mol. The molecule has 1 aliphatic heterocycles.